The van der Waals surface area contributed by atoms with Crippen molar-refractivity contribution in [2.75, 3.05) is 10.1 Å². The zero-order valence-corrected chi connectivity index (χ0v) is 19.0. The van der Waals surface area contributed by atoms with E-state index in [2.05, 4.69) is 20.2 Å². The highest BCUT2D eigenvalue weighted by Gasteiger charge is 2.24. The maximum Gasteiger partial charge on any atom is 0.337 e. The van der Waals surface area contributed by atoms with Crippen LogP contribution in [0.25, 0.3) is 10.9 Å². The lowest BCUT2D eigenvalue weighted by atomic mass is 10.1. The number of hydrazone groups is 1. The lowest BCUT2D eigenvalue weighted by Crippen LogP contribution is -2.17. The number of nitro groups is 1. The summed E-state index contributed by atoms with van der Waals surface area (Å²) in [5.74, 6) is -1.33. The topological polar surface area (TPSA) is 167 Å². The number of para-hydroxylation sites is 2. The predicted octanol–water partition coefficient (Wildman–Crippen LogP) is 4.33. The molecule has 0 spiro atoms. The number of carboxylic acids is 1. The summed E-state index contributed by atoms with van der Waals surface area (Å²) in [5, 5.41) is 25.7. The van der Waals surface area contributed by atoms with Crippen LogP contribution in [0.1, 0.15) is 21.6 Å². The Kier molecular flexibility index (Phi) is 6.21. The van der Waals surface area contributed by atoms with Crippen molar-refractivity contribution in [2.45, 2.75) is 11.8 Å². The van der Waals surface area contributed by atoms with Crippen molar-refractivity contribution in [2.24, 2.45) is 5.10 Å². The smallest absolute Gasteiger partial charge is 0.337 e. The van der Waals surface area contributed by atoms with Gasteiger partial charge in [0.1, 0.15) is 4.90 Å². The molecule has 35 heavy (non-hydrogen) atoms. The number of aromatic nitrogens is 1. The maximum atomic E-state index is 13.2. The fourth-order valence-corrected chi connectivity index (χ4v) is 4.79. The summed E-state index contributed by atoms with van der Waals surface area (Å²) in [7, 11) is -4.44. The lowest BCUT2D eigenvalue weighted by Gasteiger charge is -2.13. The molecule has 0 aliphatic rings. The van der Waals surface area contributed by atoms with Gasteiger partial charge in [-0.15, -0.1) is 0 Å². The van der Waals surface area contributed by atoms with Crippen molar-refractivity contribution in [1.82, 2.24) is 4.98 Å². The van der Waals surface area contributed by atoms with Crippen LogP contribution in [0.15, 0.2) is 76.7 Å². The first-order valence-corrected chi connectivity index (χ1v) is 11.7. The highest BCUT2D eigenvalue weighted by molar-refractivity contribution is 7.93. The van der Waals surface area contributed by atoms with Crippen LogP contribution in [-0.4, -0.2) is 35.6 Å². The van der Waals surface area contributed by atoms with E-state index in [1.165, 1.54) is 36.5 Å². The van der Waals surface area contributed by atoms with Crippen molar-refractivity contribution in [3.05, 3.63) is 93.7 Å². The predicted molar refractivity (Wildman–Crippen MR) is 132 cm³/mol. The summed E-state index contributed by atoms with van der Waals surface area (Å²) >= 11 is 0. The number of rotatable bonds is 8. The van der Waals surface area contributed by atoms with Crippen molar-refractivity contribution in [3.63, 3.8) is 0 Å². The summed E-state index contributed by atoms with van der Waals surface area (Å²) in [6.45, 7) is 1.87. The molecule has 0 fully saturated rings. The molecule has 0 atom stereocenters. The van der Waals surface area contributed by atoms with Crippen molar-refractivity contribution in [3.8, 4) is 0 Å². The monoisotopic (exact) mass is 493 g/mol. The minimum absolute atomic E-state index is 0.0374. The molecule has 0 saturated carbocycles. The number of benzene rings is 3. The van der Waals surface area contributed by atoms with Crippen LogP contribution in [-0.2, 0) is 10.0 Å². The average Bonchev–Trinajstić information content (AvgIpc) is 3.14. The van der Waals surface area contributed by atoms with E-state index < -0.39 is 31.5 Å². The number of sulfonamides is 1. The van der Waals surface area contributed by atoms with E-state index >= 15 is 0 Å². The molecule has 0 unspecified atom stereocenters. The zero-order valence-electron chi connectivity index (χ0n) is 18.2. The number of carboxylic acid groups (broad SMARTS) is 1. The molecule has 0 aliphatic carbocycles. The molecule has 1 heterocycles. The number of aromatic amines is 1. The maximum absolute atomic E-state index is 13.2. The van der Waals surface area contributed by atoms with E-state index in [9.17, 15) is 28.4 Å². The third-order valence-electron chi connectivity index (χ3n) is 5.19. The Morgan fingerprint density at radius 2 is 1.80 bits per heavy atom. The van der Waals surface area contributed by atoms with Crippen LogP contribution in [0.2, 0.25) is 0 Å². The first-order valence-electron chi connectivity index (χ1n) is 10.2. The zero-order chi connectivity index (χ0) is 25.2. The molecule has 4 N–H and O–H groups in total. The van der Waals surface area contributed by atoms with Gasteiger partial charge in [-0.25, -0.2) is 13.2 Å². The number of hydrogen-bond acceptors (Lipinski definition) is 7. The van der Waals surface area contributed by atoms with Gasteiger partial charge < -0.3 is 10.1 Å². The number of nitro benzene ring substituents is 1. The molecule has 4 rings (SSSR count). The van der Waals surface area contributed by atoms with E-state index in [1.807, 2.05) is 31.2 Å². The van der Waals surface area contributed by atoms with Gasteiger partial charge in [0.05, 0.1) is 28.1 Å². The van der Waals surface area contributed by atoms with E-state index in [0.29, 0.717) is 0 Å². The number of aromatic carboxylic acids is 1. The van der Waals surface area contributed by atoms with Gasteiger partial charge >= 0.3 is 5.97 Å². The van der Waals surface area contributed by atoms with Crippen LogP contribution < -0.4 is 10.1 Å². The van der Waals surface area contributed by atoms with Crippen molar-refractivity contribution in [1.29, 1.82) is 0 Å². The van der Waals surface area contributed by atoms with E-state index in [-0.39, 0.29) is 16.9 Å². The van der Waals surface area contributed by atoms with Gasteiger partial charge in [-0.05, 0) is 31.2 Å². The third kappa shape index (κ3) is 4.82. The summed E-state index contributed by atoms with van der Waals surface area (Å²) in [6, 6.07) is 16.2. The fraction of sp³-hybridized carbons (Fsp3) is 0.0435. The van der Waals surface area contributed by atoms with E-state index in [1.54, 1.807) is 0 Å². The highest BCUT2D eigenvalue weighted by atomic mass is 32.2. The number of hydrogen-bond donors (Lipinski definition) is 4. The SMILES string of the molecule is Cc1[nH]c2ccccc2c1/C=N/Nc1ccc([N+](=O)[O-])cc1S(=O)(=O)Nc1ccccc1C(=O)O. The standard InChI is InChI=1S/C23H19N5O6S/c1-14-18(16-6-2-4-8-19(16)25-14)13-24-26-21-11-10-15(28(31)32)12-22(21)35(33,34)27-20-9-5-3-7-17(20)23(29)30/h2-13,25-27H,1H3,(H,29,30)/b24-13+. The Balaban J connectivity index is 1.71. The van der Waals surface area contributed by atoms with E-state index in [0.717, 1.165) is 34.3 Å². The van der Waals surface area contributed by atoms with Crippen LogP contribution in [0.4, 0.5) is 17.1 Å². The molecule has 1 aromatic heterocycles. The number of fused-ring (bicyclic) bond motifs is 1. The van der Waals surface area contributed by atoms with Gasteiger partial charge in [0.15, 0.2) is 0 Å². The molecular weight excluding hydrogens is 474 g/mol. The largest absolute Gasteiger partial charge is 0.478 e. The number of non-ortho nitro benzene ring substituents is 1. The Bertz CT molecular complexity index is 1590. The van der Waals surface area contributed by atoms with E-state index in [4.69, 9.17) is 0 Å². The molecule has 178 valence electrons. The minimum Gasteiger partial charge on any atom is -0.478 e. The molecule has 12 heteroatoms. The molecule has 0 bridgehead atoms. The Morgan fingerprint density at radius 3 is 2.54 bits per heavy atom. The van der Waals surface area contributed by atoms with Gasteiger partial charge in [-0.1, -0.05) is 30.3 Å². The first-order chi connectivity index (χ1) is 16.7. The van der Waals surface area contributed by atoms with Gasteiger partial charge in [0.25, 0.3) is 15.7 Å². The second-order valence-electron chi connectivity index (χ2n) is 7.47. The quantitative estimate of drug-likeness (QED) is 0.161. The van der Waals surface area contributed by atoms with Crippen LogP contribution in [0.3, 0.4) is 0 Å². The molecule has 3 aromatic carbocycles. The molecule has 11 nitrogen and oxygen atoms in total. The molecular formula is C23H19N5O6S. The summed E-state index contributed by atoms with van der Waals surface area (Å²) in [6.07, 6.45) is 1.51. The number of anilines is 2. The summed E-state index contributed by atoms with van der Waals surface area (Å²) in [4.78, 5) is 24.8. The normalized spacial score (nSPS) is 11.6. The number of nitrogens with zero attached hydrogens (tertiary/aromatic N) is 2. The van der Waals surface area contributed by atoms with Crippen molar-refractivity contribution >= 4 is 50.2 Å². The van der Waals surface area contributed by atoms with Crippen LogP contribution in [0, 0.1) is 17.0 Å². The second-order valence-corrected chi connectivity index (χ2v) is 9.12. The highest BCUT2D eigenvalue weighted by Crippen LogP contribution is 2.29. The first kappa shape index (κ1) is 23.4. The number of carbonyl (C=O) groups is 1. The molecule has 0 saturated heterocycles. The van der Waals surface area contributed by atoms with Gasteiger partial charge in [-0.3, -0.25) is 20.3 Å². The minimum atomic E-state index is -4.44. The van der Waals surface area contributed by atoms with Gasteiger partial charge in [0, 0.05) is 34.3 Å². The van der Waals surface area contributed by atoms with Crippen LogP contribution in [0.5, 0.6) is 0 Å². The Labute approximate surface area is 199 Å². The molecule has 0 aliphatic heterocycles. The number of aryl methyl sites for hydroxylation is 1. The molecule has 4 aromatic rings. The second kappa shape index (κ2) is 9.27. The third-order valence-corrected chi connectivity index (χ3v) is 6.59. The number of H-pyrrole nitrogens is 1. The summed E-state index contributed by atoms with van der Waals surface area (Å²) < 4.78 is 28.5. The number of nitrogens with one attached hydrogen (secondary N) is 3. The van der Waals surface area contributed by atoms with Gasteiger partial charge in [0.2, 0.25) is 0 Å². The average molecular weight is 494 g/mol. The molecule has 0 radical (unpaired) electrons. The fourth-order valence-electron chi connectivity index (χ4n) is 3.53. The van der Waals surface area contributed by atoms with Gasteiger partial charge in [-0.2, -0.15) is 5.10 Å². The van der Waals surface area contributed by atoms with Crippen LogP contribution >= 0.6 is 0 Å². The Morgan fingerprint density at radius 1 is 1.09 bits per heavy atom. The summed E-state index contributed by atoms with van der Waals surface area (Å²) in [5.41, 5.74) is 4.22. The molecule has 0 amide bonds. The lowest BCUT2D eigenvalue weighted by molar-refractivity contribution is -0.385. The Hall–Kier alpha value is -4.71. The van der Waals surface area contributed by atoms with Crippen molar-refractivity contribution < 1.29 is 23.2 Å².